The summed E-state index contributed by atoms with van der Waals surface area (Å²) in [6, 6.07) is -0.0119. The number of hydrogen-bond acceptors (Lipinski definition) is 2. The highest BCUT2D eigenvalue weighted by atomic mass is 16.1. The van der Waals surface area contributed by atoms with Crippen LogP contribution in [0.4, 0.5) is 0 Å². The summed E-state index contributed by atoms with van der Waals surface area (Å²) in [5.41, 5.74) is 7.13. The zero-order valence-electron chi connectivity index (χ0n) is 10.6. The second-order valence-corrected chi connectivity index (χ2v) is 5.55. The molecule has 2 N–H and O–H groups in total. The Bertz CT molecular complexity index is 225. The standard InChI is InChI=1S/C13H25NO/c1-6-10(2)7-12(15)8-11(14)9-13(3,4)5/h11H,2,6-9,14H2,1,3-5H3. The van der Waals surface area contributed by atoms with Gasteiger partial charge in [-0.3, -0.25) is 4.79 Å². The van der Waals surface area contributed by atoms with Gasteiger partial charge >= 0.3 is 0 Å². The van der Waals surface area contributed by atoms with Gasteiger partial charge in [0, 0.05) is 18.9 Å². The quantitative estimate of drug-likeness (QED) is 0.686. The molecule has 0 aliphatic rings. The Morgan fingerprint density at radius 2 is 1.93 bits per heavy atom. The predicted molar refractivity (Wildman–Crippen MR) is 65.7 cm³/mol. The lowest BCUT2D eigenvalue weighted by molar-refractivity contribution is -0.118. The second-order valence-electron chi connectivity index (χ2n) is 5.55. The first kappa shape index (κ1) is 14.4. The molecule has 0 spiro atoms. The molecule has 1 atom stereocenters. The smallest absolute Gasteiger partial charge is 0.138 e. The molecule has 0 aliphatic heterocycles. The Labute approximate surface area is 93.9 Å². The van der Waals surface area contributed by atoms with E-state index in [0.29, 0.717) is 12.8 Å². The van der Waals surface area contributed by atoms with Crippen molar-refractivity contribution in [3.8, 4) is 0 Å². The van der Waals surface area contributed by atoms with Crippen LogP contribution in [-0.4, -0.2) is 11.8 Å². The minimum Gasteiger partial charge on any atom is -0.327 e. The molecule has 0 amide bonds. The third-order valence-corrected chi connectivity index (χ3v) is 2.31. The number of Topliss-reactive ketones (excluding diaryl/α,β-unsaturated/α-hetero) is 1. The van der Waals surface area contributed by atoms with E-state index in [9.17, 15) is 4.79 Å². The van der Waals surface area contributed by atoms with Crippen LogP contribution >= 0.6 is 0 Å². The Morgan fingerprint density at radius 1 is 1.40 bits per heavy atom. The lowest BCUT2D eigenvalue weighted by atomic mass is 9.86. The molecule has 88 valence electrons. The number of allylic oxidation sites excluding steroid dienone is 1. The van der Waals surface area contributed by atoms with Crippen LogP contribution in [0, 0.1) is 5.41 Å². The van der Waals surface area contributed by atoms with Crippen molar-refractivity contribution < 1.29 is 4.79 Å². The SMILES string of the molecule is C=C(CC)CC(=O)CC(N)CC(C)(C)C. The molecule has 0 rings (SSSR count). The van der Waals surface area contributed by atoms with Crippen molar-refractivity contribution in [1.82, 2.24) is 0 Å². The van der Waals surface area contributed by atoms with E-state index in [1.807, 2.05) is 6.92 Å². The molecule has 0 radical (unpaired) electrons. The van der Waals surface area contributed by atoms with Gasteiger partial charge in [-0.05, 0) is 18.3 Å². The van der Waals surface area contributed by atoms with Gasteiger partial charge in [-0.25, -0.2) is 0 Å². The summed E-state index contributed by atoms with van der Waals surface area (Å²) in [4.78, 5) is 11.6. The van der Waals surface area contributed by atoms with E-state index in [4.69, 9.17) is 5.73 Å². The minimum absolute atomic E-state index is 0.0119. The average Bonchev–Trinajstić information content (AvgIpc) is 1.99. The Balaban J connectivity index is 3.92. The average molecular weight is 211 g/mol. The zero-order valence-corrected chi connectivity index (χ0v) is 10.6. The first-order valence-electron chi connectivity index (χ1n) is 5.68. The molecular weight excluding hydrogens is 186 g/mol. The van der Waals surface area contributed by atoms with Crippen LogP contribution in [0.3, 0.4) is 0 Å². The van der Waals surface area contributed by atoms with Crippen LogP contribution in [0.2, 0.25) is 0 Å². The largest absolute Gasteiger partial charge is 0.327 e. The lowest BCUT2D eigenvalue weighted by Gasteiger charge is -2.22. The molecule has 0 saturated heterocycles. The maximum absolute atomic E-state index is 11.6. The first-order valence-corrected chi connectivity index (χ1v) is 5.68. The van der Waals surface area contributed by atoms with Gasteiger partial charge in [-0.15, -0.1) is 0 Å². The molecule has 2 heteroatoms. The van der Waals surface area contributed by atoms with Crippen LogP contribution in [0.15, 0.2) is 12.2 Å². The van der Waals surface area contributed by atoms with Gasteiger partial charge in [-0.2, -0.15) is 0 Å². The highest BCUT2D eigenvalue weighted by Crippen LogP contribution is 2.21. The van der Waals surface area contributed by atoms with E-state index >= 15 is 0 Å². The summed E-state index contributed by atoms with van der Waals surface area (Å²) in [7, 11) is 0. The highest BCUT2D eigenvalue weighted by Gasteiger charge is 2.18. The first-order chi connectivity index (χ1) is 6.74. The molecule has 0 bridgehead atoms. The Kier molecular flexibility index (Phi) is 5.81. The van der Waals surface area contributed by atoms with Crippen molar-refractivity contribution in [2.75, 3.05) is 0 Å². The highest BCUT2D eigenvalue weighted by molar-refractivity contribution is 5.81. The molecule has 0 saturated carbocycles. The Hall–Kier alpha value is -0.630. The molecule has 0 heterocycles. The van der Waals surface area contributed by atoms with E-state index in [1.165, 1.54) is 0 Å². The predicted octanol–water partition coefficient (Wildman–Crippen LogP) is 3.07. The van der Waals surface area contributed by atoms with Gasteiger partial charge in [0.15, 0.2) is 0 Å². The van der Waals surface area contributed by atoms with Gasteiger partial charge in [-0.1, -0.05) is 39.8 Å². The topological polar surface area (TPSA) is 43.1 Å². The summed E-state index contributed by atoms with van der Waals surface area (Å²) in [6.07, 6.45) is 2.74. The fraction of sp³-hybridized carbons (Fsp3) is 0.769. The third-order valence-electron chi connectivity index (χ3n) is 2.31. The molecular formula is C13H25NO. The summed E-state index contributed by atoms with van der Waals surface area (Å²) >= 11 is 0. The normalized spacial score (nSPS) is 13.7. The Morgan fingerprint density at radius 3 is 2.33 bits per heavy atom. The van der Waals surface area contributed by atoms with Crippen molar-refractivity contribution in [3.05, 3.63) is 12.2 Å². The third kappa shape index (κ3) is 8.37. The van der Waals surface area contributed by atoms with Crippen LogP contribution in [0.25, 0.3) is 0 Å². The van der Waals surface area contributed by atoms with E-state index < -0.39 is 0 Å². The fourth-order valence-electron chi connectivity index (χ4n) is 1.63. The molecule has 2 nitrogen and oxygen atoms in total. The van der Waals surface area contributed by atoms with Crippen molar-refractivity contribution in [2.45, 2.75) is 59.4 Å². The number of carbonyl (C=O) groups is 1. The van der Waals surface area contributed by atoms with Gasteiger partial charge in [0.2, 0.25) is 0 Å². The molecule has 0 aromatic rings. The molecule has 1 unspecified atom stereocenters. The van der Waals surface area contributed by atoms with Crippen LogP contribution in [0.1, 0.15) is 53.4 Å². The van der Waals surface area contributed by atoms with Gasteiger partial charge in [0.1, 0.15) is 5.78 Å². The maximum Gasteiger partial charge on any atom is 0.138 e. The maximum atomic E-state index is 11.6. The lowest BCUT2D eigenvalue weighted by Crippen LogP contribution is -2.29. The second kappa shape index (κ2) is 6.06. The molecule has 0 aromatic heterocycles. The molecule has 0 fully saturated rings. The molecule has 15 heavy (non-hydrogen) atoms. The zero-order chi connectivity index (χ0) is 12.1. The van der Waals surface area contributed by atoms with Gasteiger partial charge < -0.3 is 5.73 Å². The van der Waals surface area contributed by atoms with Crippen LogP contribution in [0.5, 0.6) is 0 Å². The molecule has 0 aliphatic carbocycles. The van der Waals surface area contributed by atoms with Gasteiger partial charge in [0.05, 0.1) is 0 Å². The summed E-state index contributed by atoms with van der Waals surface area (Å²) in [5, 5.41) is 0. The van der Waals surface area contributed by atoms with E-state index in [2.05, 4.69) is 27.4 Å². The van der Waals surface area contributed by atoms with Crippen molar-refractivity contribution in [1.29, 1.82) is 0 Å². The number of nitrogens with two attached hydrogens (primary N) is 1. The van der Waals surface area contributed by atoms with Crippen LogP contribution < -0.4 is 5.73 Å². The number of rotatable bonds is 6. The molecule has 0 aromatic carbocycles. The van der Waals surface area contributed by atoms with Crippen molar-refractivity contribution in [3.63, 3.8) is 0 Å². The van der Waals surface area contributed by atoms with Crippen molar-refractivity contribution >= 4 is 5.78 Å². The number of hydrogen-bond donors (Lipinski definition) is 1. The summed E-state index contributed by atoms with van der Waals surface area (Å²) in [6.45, 7) is 12.3. The van der Waals surface area contributed by atoms with Crippen LogP contribution in [-0.2, 0) is 4.79 Å². The number of carbonyl (C=O) groups excluding carboxylic acids is 1. The monoisotopic (exact) mass is 211 g/mol. The summed E-state index contributed by atoms with van der Waals surface area (Å²) in [5.74, 6) is 0.221. The minimum atomic E-state index is -0.0119. The van der Waals surface area contributed by atoms with Crippen molar-refractivity contribution in [2.24, 2.45) is 11.1 Å². The van der Waals surface area contributed by atoms with E-state index in [1.54, 1.807) is 0 Å². The van der Waals surface area contributed by atoms with Gasteiger partial charge in [0.25, 0.3) is 0 Å². The van der Waals surface area contributed by atoms with E-state index in [-0.39, 0.29) is 17.2 Å². The summed E-state index contributed by atoms with van der Waals surface area (Å²) < 4.78 is 0. The fourth-order valence-corrected chi connectivity index (χ4v) is 1.63. The van der Waals surface area contributed by atoms with E-state index in [0.717, 1.165) is 18.4 Å². The number of ketones is 1.